The minimum atomic E-state index is -0.554. The maximum Gasteiger partial charge on any atom is 0.252 e. The van der Waals surface area contributed by atoms with E-state index in [1.807, 2.05) is 0 Å². The number of fused-ring (bicyclic) bond motifs is 1. The van der Waals surface area contributed by atoms with Gasteiger partial charge in [-0.2, -0.15) is 15.4 Å². The Balaban J connectivity index is 2.82. The Bertz CT molecular complexity index is 434. The molecule has 0 aromatic carbocycles. The minimum Gasteiger partial charge on any atom is -0.365 e. The molecule has 2 rings (SSSR count). The van der Waals surface area contributed by atoms with Crippen LogP contribution in [0.3, 0.4) is 0 Å². The van der Waals surface area contributed by atoms with Crippen molar-refractivity contribution in [3.8, 4) is 0 Å². The van der Waals surface area contributed by atoms with Gasteiger partial charge in [0.1, 0.15) is 11.0 Å². The molecule has 0 aliphatic carbocycles. The number of primary amides is 1. The molecule has 0 spiro atoms. The van der Waals surface area contributed by atoms with Gasteiger partial charge in [-0.15, -0.1) is 0 Å². The van der Waals surface area contributed by atoms with Crippen LogP contribution in [0.1, 0.15) is 10.4 Å². The number of H-pyrrole nitrogens is 1. The van der Waals surface area contributed by atoms with Crippen molar-refractivity contribution < 1.29 is 4.79 Å². The summed E-state index contributed by atoms with van der Waals surface area (Å²) in [7, 11) is 0. The summed E-state index contributed by atoms with van der Waals surface area (Å²) in [6.45, 7) is 0. The number of pyridine rings is 1. The number of aromatic amines is 1. The molecule has 3 N–H and O–H groups in total. The van der Waals surface area contributed by atoms with Crippen LogP contribution >= 0.6 is 0 Å². The normalized spacial score (nSPS) is 10.3. The lowest BCUT2D eigenvalue weighted by molar-refractivity contribution is 0.100. The van der Waals surface area contributed by atoms with Crippen LogP contribution in [0, 0.1) is 0 Å². The molecule has 60 valence electrons. The Morgan fingerprint density at radius 2 is 2.25 bits per heavy atom. The Morgan fingerprint density at radius 1 is 1.42 bits per heavy atom. The number of aromatic nitrogens is 4. The highest BCUT2D eigenvalue weighted by atomic mass is 16.1. The Morgan fingerprint density at radius 3 is 3.00 bits per heavy atom. The number of hydrogen-bond donors (Lipinski definition) is 2. The maximum absolute atomic E-state index is 10.8. The van der Waals surface area contributed by atoms with Gasteiger partial charge in [0.05, 0.1) is 11.8 Å². The first-order valence-electron chi connectivity index (χ1n) is 3.23. The Hall–Kier alpha value is -1.98. The van der Waals surface area contributed by atoms with E-state index in [2.05, 4.69) is 20.4 Å². The van der Waals surface area contributed by atoms with Crippen LogP contribution in [0.15, 0.2) is 12.4 Å². The highest BCUT2D eigenvalue weighted by Gasteiger charge is 2.09. The number of hydrogen-bond acceptors (Lipinski definition) is 4. The smallest absolute Gasteiger partial charge is 0.252 e. The lowest BCUT2D eigenvalue weighted by Crippen LogP contribution is -2.11. The van der Waals surface area contributed by atoms with E-state index in [9.17, 15) is 4.79 Å². The Kier molecular flexibility index (Phi) is 1.26. The second-order valence-corrected chi connectivity index (χ2v) is 2.24. The fraction of sp³-hybridized carbons (Fsp3) is 0. The molecule has 0 unspecified atom stereocenters. The van der Waals surface area contributed by atoms with Gasteiger partial charge < -0.3 is 5.73 Å². The van der Waals surface area contributed by atoms with Gasteiger partial charge in [0, 0.05) is 6.20 Å². The highest BCUT2D eigenvalue weighted by Crippen LogP contribution is 2.09. The molecule has 6 nitrogen and oxygen atoms in total. The zero-order valence-corrected chi connectivity index (χ0v) is 5.98. The lowest BCUT2D eigenvalue weighted by Gasteiger charge is -1.92. The summed E-state index contributed by atoms with van der Waals surface area (Å²) >= 11 is 0. The van der Waals surface area contributed by atoms with Gasteiger partial charge >= 0.3 is 0 Å². The second kappa shape index (κ2) is 2.26. The van der Waals surface area contributed by atoms with Crippen molar-refractivity contribution in [1.82, 2.24) is 20.4 Å². The largest absolute Gasteiger partial charge is 0.365 e. The van der Waals surface area contributed by atoms with Gasteiger partial charge in [0.15, 0.2) is 0 Å². The van der Waals surface area contributed by atoms with Crippen LogP contribution in [0.4, 0.5) is 0 Å². The molecule has 2 aromatic rings. The summed E-state index contributed by atoms with van der Waals surface area (Å²) in [4.78, 5) is 14.6. The van der Waals surface area contributed by atoms with Crippen LogP contribution in [0.2, 0.25) is 0 Å². The van der Waals surface area contributed by atoms with Crippen LogP contribution in [-0.4, -0.2) is 26.3 Å². The van der Waals surface area contributed by atoms with Gasteiger partial charge in [0.2, 0.25) is 0 Å². The quantitative estimate of drug-likeness (QED) is 0.589. The average molecular weight is 163 g/mol. The third-order valence-corrected chi connectivity index (χ3v) is 1.50. The molecular weight excluding hydrogens is 158 g/mol. The first-order valence-corrected chi connectivity index (χ1v) is 3.23. The molecular formula is C6H5N5O. The number of nitrogens with one attached hydrogen (secondary N) is 1. The SMILES string of the molecule is NC(=O)c1cncc2n[nH]nc12. The van der Waals surface area contributed by atoms with Crippen LogP contribution in [-0.2, 0) is 0 Å². The summed E-state index contributed by atoms with van der Waals surface area (Å²) in [5.41, 5.74) is 6.35. The fourth-order valence-corrected chi connectivity index (χ4v) is 0.951. The summed E-state index contributed by atoms with van der Waals surface area (Å²) in [6, 6.07) is 0. The zero-order valence-electron chi connectivity index (χ0n) is 5.98. The molecule has 0 saturated carbocycles. The second-order valence-electron chi connectivity index (χ2n) is 2.24. The molecule has 0 radical (unpaired) electrons. The van der Waals surface area contributed by atoms with Gasteiger partial charge in [-0.05, 0) is 0 Å². The number of rotatable bonds is 1. The number of carbonyl (C=O) groups excluding carboxylic acids is 1. The molecule has 1 amide bonds. The van der Waals surface area contributed by atoms with Crippen LogP contribution in [0.5, 0.6) is 0 Å². The zero-order chi connectivity index (χ0) is 8.55. The van der Waals surface area contributed by atoms with Crippen molar-refractivity contribution in [3.63, 3.8) is 0 Å². The van der Waals surface area contributed by atoms with Crippen molar-refractivity contribution in [1.29, 1.82) is 0 Å². The van der Waals surface area contributed by atoms with E-state index in [-0.39, 0.29) is 5.56 Å². The fourth-order valence-electron chi connectivity index (χ4n) is 0.951. The molecule has 0 bridgehead atoms. The van der Waals surface area contributed by atoms with Crippen LogP contribution in [0.25, 0.3) is 11.0 Å². The number of nitrogens with two attached hydrogens (primary N) is 1. The van der Waals surface area contributed by atoms with Crippen molar-refractivity contribution >= 4 is 16.9 Å². The predicted molar refractivity (Wildman–Crippen MR) is 40.2 cm³/mol. The topological polar surface area (TPSA) is 97.5 Å². The van der Waals surface area contributed by atoms with Crippen molar-refractivity contribution in [3.05, 3.63) is 18.0 Å². The van der Waals surface area contributed by atoms with E-state index in [1.165, 1.54) is 12.4 Å². The third kappa shape index (κ3) is 0.815. The summed E-state index contributed by atoms with van der Waals surface area (Å²) in [6.07, 6.45) is 2.87. The number of nitrogens with zero attached hydrogens (tertiary/aromatic N) is 3. The van der Waals surface area contributed by atoms with Crippen LogP contribution < -0.4 is 5.73 Å². The van der Waals surface area contributed by atoms with Gasteiger partial charge in [0.25, 0.3) is 5.91 Å². The molecule has 0 fully saturated rings. The minimum absolute atomic E-state index is 0.279. The van der Waals surface area contributed by atoms with E-state index in [0.717, 1.165) is 0 Å². The molecule has 0 aliphatic heterocycles. The molecule has 2 aromatic heterocycles. The van der Waals surface area contributed by atoms with Gasteiger partial charge in [-0.3, -0.25) is 9.78 Å². The summed E-state index contributed by atoms with van der Waals surface area (Å²) in [5.74, 6) is -0.554. The van der Waals surface area contributed by atoms with E-state index in [4.69, 9.17) is 5.73 Å². The molecule has 12 heavy (non-hydrogen) atoms. The van der Waals surface area contributed by atoms with E-state index < -0.39 is 5.91 Å². The molecule has 0 saturated heterocycles. The highest BCUT2D eigenvalue weighted by molar-refractivity contribution is 6.03. The standard InChI is InChI=1S/C6H5N5O/c7-6(12)3-1-8-2-4-5(3)10-11-9-4/h1-2H,(H2,7,12)(H,9,10,11). The average Bonchev–Trinajstić information content (AvgIpc) is 2.49. The van der Waals surface area contributed by atoms with E-state index >= 15 is 0 Å². The first kappa shape index (κ1) is 6.71. The number of carbonyl (C=O) groups is 1. The lowest BCUT2D eigenvalue weighted by atomic mass is 10.2. The summed E-state index contributed by atoms with van der Waals surface area (Å²) < 4.78 is 0. The monoisotopic (exact) mass is 163 g/mol. The molecule has 6 heteroatoms. The first-order chi connectivity index (χ1) is 5.79. The van der Waals surface area contributed by atoms with E-state index in [0.29, 0.717) is 11.0 Å². The summed E-state index contributed by atoms with van der Waals surface area (Å²) in [5, 5.41) is 9.90. The van der Waals surface area contributed by atoms with Crippen molar-refractivity contribution in [2.75, 3.05) is 0 Å². The van der Waals surface area contributed by atoms with Gasteiger partial charge in [-0.25, -0.2) is 0 Å². The Labute approximate surface area is 66.8 Å². The molecule has 0 aliphatic rings. The third-order valence-electron chi connectivity index (χ3n) is 1.50. The van der Waals surface area contributed by atoms with Crippen molar-refractivity contribution in [2.45, 2.75) is 0 Å². The predicted octanol–water partition coefficient (Wildman–Crippen LogP) is -0.548. The van der Waals surface area contributed by atoms with E-state index in [1.54, 1.807) is 0 Å². The number of amides is 1. The maximum atomic E-state index is 10.8. The molecule has 0 atom stereocenters. The molecule has 2 heterocycles. The van der Waals surface area contributed by atoms with Crippen molar-refractivity contribution in [2.24, 2.45) is 5.73 Å². The van der Waals surface area contributed by atoms with Gasteiger partial charge in [-0.1, -0.05) is 0 Å².